The third-order valence-corrected chi connectivity index (χ3v) is 4.61. The first-order chi connectivity index (χ1) is 13.4. The van der Waals surface area contributed by atoms with Crippen LogP contribution >= 0.6 is 15.9 Å². The fraction of sp³-hybridized carbons (Fsp3) is 0.0952. The van der Waals surface area contributed by atoms with Crippen LogP contribution in [0.5, 0.6) is 0 Å². The molecule has 7 heteroatoms. The molecule has 1 amide bonds. The maximum absolute atomic E-state index is 12.2. The molecule has 3 rings (SSSR count). The number of benzene rings is 2. The normalized spacial score (nSPS) is 10.9. The topological polar surface area (TPSA) is 75.4 Å². The number of likely N-dealkylation sites (N-methyl/N-ethyl adjacent to an activating group) is 1. The predicted molar refractivity (Wildman–Crippen MR) is 110 cm³/mol. The quantitative estimate of drug-likeness (QED) is 0.590. The number of amides is 1. The molecule has 3 aromatic rings. The Kier molecular flexibility index (Phi) is 6.06. The first kappa shape index (κ1) is 19.6. The van der Waals surface area contributed by atoms with Crippen LogP contribution < -0.4 is 0 Å². The summed E-state index contributed by atoms with van der Waals surface area (Å²) in [6.45, 7) is 0.293. The van der Waals surface area contributed by atoms with Gasteiger partial charge in [-0.2, -0.15) is 5.10 Å². The Balaban J connectivity index is 1.96. The van der Waals surface area contributed by atoms with Gasteiger partial charge in [-0.1, -0.05) is 46.3 Å². The highest BCUT2D eigenvalue weighted by atomic mass is 79.9. The lowest BCUT2D eigenvalue weighted by Gasteiger charge is -2.14. The van der Waals surface area contributed by atoms with E-state index in [4.69, 9.17) is 10.2 Å². The van der Waals surface area contributed by atoms with E-state index in [-0.39, 0.29) is 0 Å². The summed E-state index contributed by atoms with van der Waals surface area (Å²) in [5.41, 5.74) is 3.45. The van der Waals surface area contributed by atoms with Gasteiger partial charge in [0, 0.05) is 47.5 Å². The summed E-state index contributed by atoms with van der Waals surface area (Å²) >= 11 is 3.43. The van der Waals surface area contributed by atoms with Gasteiger partial charge in [0.2, 0.25) is 5.91 Å². The number of nitrogens with zero attached hydrogens (tertiary/aromatic N) is 3. The molecule has 0 unspecified atom stereocenters. The van der Waals surface area contributed by atoms with Crippen LogP contribution in [0.4, 0.5) is 0 Å². The van der Waals surface area contributed by atoms with Crippen molar-refractivity contribution in [3.05, 3.63) is 83.0 Å². The van der Waals surface area contributed by atoms with E-state index in [1.807, 2.05) is 60.8 Å². The smallest absolute Gasteiger partial charge is 0.328 e. The molecule has 6 nitrogen and oxygen atoms in total. The number of hydrogen-bond acceptors (Lipinski definition) is 3. The fourth-order valence-corrected chi connectivity index (χ4v) is 2.96. The van der Waals surface area contributed by atoms with Gasteiger partial charge in [0.25, 0.3) is 0 Å². The van der Waals surface area contributed by atoms with E-state index in [9.17, 15) is 9.59 Å². The number of rotatable bonds is 6. The second-order valence-corrected chi connectivity index (χ2v) is 7.07. The van der Waals surface area contributed by atoms with E-state index in [0.717, 1.165) is 39.1 Å². The molecule has 0 saturated carbocycles. The van der Waals surface area contributed by atoms with Crippen molar-refractivity contribution < 1.29 is 14.7 Å². The highest BCUT2D eigenvalue weighted by Gasteiger charge is 2.16. The first-order valence-electron chi connectivity index (χ1n) is 8.50. The minimum Gasteiger partial charge on any atom is -0.478 e. The number of aliphatic carboxylic acids is 1. The van der Waals surface area contributed by atoms with Gasteiger partial charge in [-0.25, -0.2) is 9.48 Å². The van der Waals surface area contributed by atoms with Gasteiger partial charge in [-0.15, -0.1) is 0 Å². The summed E-state index contributed by atoms with van der Waals surface area (Å²) in [7, 11) is 1.62. The molecule has 2 aromatic carbocycles. The van der Waals surface area contributed by atoms with E-state index in [2.05, 4.69) is 15.9 Å². The van der Waals surface area contributed by atoms with Crippen LogP contribution in [-0.2, 0) is 16.1 Å². The Morgan fingerprint density at radius 3 is 2.43 bits per heavy atom. The third kappa shape index (κ3) is 4.75. The molecule has 0 spiro atoms. The van der Waals surface area contributed by atoms with Gasteiger partial charge in [0.15, 0.2) is 0 Å². The molecule has 1 aromatic heterocycles. The molecule has 142 valence electrons. The van der Waals surface area contributed by atoms with E-state index >= 15 is 0 Å². The molecule has 0 aliphatic rings. The minimum atomic E-state index is -1.16. The maximum Gasteiger partial charge on any atom is 0.328 e. The van der Waals surface area contributed by atoms with Crippen molar-refractivity contribution in [2.75, 3.05) is 7.05 Å². The molecular formula is C21H18BrN3O3. The van der Waals surface area contributed by atoms with Gasteiger partial charge < -0.3 is 10.0 Å². The Hall–Kier alpha value is -3.19. The Morgan fingerprint density at radius 1 is 1.11 bits per heavy atom. The zero-order valence-electron chi connectivity index (χ0n) is 15.1. The largest absolute Gasteiger partial charge is 0.478 e. The molecule has 0 saturated heterocycles. The molecule has 0 aliphatic carbocycles. The summed E-state index contributed by atoms with van der Waals surface area (Å²) in [5, 5.41) is 13.4. The van der Waals surface area contributed by atoms with Crippen LogP contribution in [0.15, 0.2) is 77.4 Å². The molecule has 0 radical (unpaired) electrons. The van der Waals surface area contributed by atoms with Gasteiger partial charge in [0.05, 0.1) is 11.4 Å². The van der Waals surface area contributed by atoms with Gasteiger partial charge in [0.1, 0.15) is 0 Å². The van der Waals surface area contributed by atoms with Gasteiger partial charge in [-0.3, -0.25) is 4.79 Å². The number of para-hydroxylation sites is 1. The van der Waals surface area contributed by atoms with Crippen LogP contribution in [0.25, 0.3) is 16.9 Å². The third-order valence-electron chi connectivity index (χ3n) is 4.08. The van der Waals surface area contributed by atoms with Crippen LogP contribution in [0.1, 0.15) is 5.56 Å². The second-order valence-electron chi connectivity index (χ2n) is 6.16. The number of carboxylic acid groups (broad SMARTS) is 1. The standard InChI is InChI=1S/C21H18BrN3O3/c1-24(19(26)11-12-20(27)28)13-16-14-25(18-5-3-2-4-6-18)23-21(16)15-7-9-17(22)10-8-15/h2-12,14H,13H2,1H3,(H,27,28). The van der Waals surface area contributed by atoms with Crippen molar-refractivity contribution in [3.63, 3.8) is 0 Å². The minimum absolute atomic E-state index is 0.293. The highest BCUT2D eigenvalue weighted by Crippen LogP contribution is 2.26. The molecule has 0 bridgehead atoms. The number of carbonyl (C=O) groups is 2. The molecular weight excluding hydrogens is 422 g/mol. The number of carbonyl (C=O) groups excluding carboxylic acids is 1. The maximum atomic E-state index is 12.2. The van der Waals surface area contributed by atoms with Crippen LogP contribution in [-0.4, -0.2) is 38.7 Å². The fourth-order valence-electron chi connectivity index (χ4n) is 2.69. The summed E-state index contributed by atoms with van der Waals surface area (Å²) in [6.07, 6.45) is 3.77. The van der Waals surface area contributed by atoms with Crippen molar-refractivity contribution in [1.29, 1.82) is 0 Å². The molecule has 0 atom stereocenters. The lowest BCUT2D eigenvalue weighted by Crippen LogP contribution is -2.24. The summed E-state index contributed by atoms with van der Waals surface area (Å²) in [5.74, 6) is -1.55. The van der Waals surface area contributed by atoms with Gasteiger partial charge in [-0.05, 0) is 24.3 Å². The van der Waals surface area contributed by atoms with E-state index in [1.165, 1.54) is 4.90 Å². The number of carboxylic acids is 1. The monoisotopic (exact) mass is 439 g/mol. The number of aromatic nitrogens is 2. The first-order valence-corrected chi connectivity index (χ1v) is 9.29. The summed E-state index contributed by atoms with van der Waals surface area (Å²) < 4.78 is 2.74. The zero-order valence-corrected chi connectivity index (χ0v) is 16.7. The predicted octanol–water partition coefficient (Wildman–Crippen LogP) is 3.90. The molecule has 0 aliphatic heterocycles. The lowest BCUT2D eigenvalue weighted by atomic mass is 10.1. The average molecular weight is 440 g/mol. The van der Waals surface area contributed by atoms with Crippen LogP contribution in [0.3, 0.4) is 0 Å². The van der Waals surface area contributed by atoms with Crippen LogP contribution in [0.2, 0.25) is 0 Å². The Bertz CT molecular complexity index is 1010. The number of halogens is 1. The van der Waals surface area contributed by atoms with Crippen molar-refractivity contribution >= 4 is 27.8 Å². The summed E-state index contributed by atoms with van der Waals surface area (Å²) in [4.78, 5) is 24.3. The van der Waals surface area contributed by atoms with E-state index < -0.39 is 11.9 Å². The van der Waals surface area contributed by atoms with Crippen molar-refractivity contribution in [2.45, 2.75) is 6.54 Å². The van der Waals surface area contributed by atoms with Crippen molar-refractivity contribution in [2.24, 2.45) is 0 Å². The summed E-state index contributed by atoms with van der Waals surface area (Å²) in [6, 6.07) is 17.5. The van der Waals surface area contributed by atoms with Crippen LogP contribution in [0, 0.1) is 0 Å². The zero-order chi connectivity index (χ0) is 20.1. The van der Waals surface area contributed by atoms with E-state index in [0.29, 0.717) is 6.54 Å². The SMILES string of the molecule is CN(Cc1cn(-c2ccccc2)nc1-c1ccc(Br)cc1)C(=O)C=CC(=O)O. The molecule has 1 heterocycles. The van der Waals surface area contributed by atoms with E-state index in [1.54, 1.807) is 11.7 Å². The highest BCUT2D eigenvalue weighted by molar-refractivity contribution is 9.10. The average Bonchev–Trinajstić information content (AvgIpc) is 3.11. The molecule has 0 fully saturated rings. The second kappa shape index (κ2) is 8.67. The van der Waals surface area contributed by atoms with Gasteiger partial charge >= 0.3 is 5.97 Å². The molecule has 1 N–H and O–H groups in total. The van der Waals surface area contributed by atoms with Crippen molar-refractivity contribution in [3.8, 4) is 16.9 Å². The Labute approximate surface area is 170 Å². The number of hydrogen-bond donors (Lipinski definition) is 1. The lowest BCUT2D eigenvalue weighted by molar-refractivity contribution is -0.132. The Morgan fingerprint density at radius 2 is 1.79 bits per heavy atom. The molecule has 28 heavy (non-hydrogen) atoms. The van der Waals surface area contributed by atoms with Crippen molar-refractivity contribution in [1.82, 2.24) is 14.7 Å².